The van der Waals surface area contributed by atoms with Crippen molar-refractivity contribution in [3.05, 3.63) is 173 Å². The van der Waals surface area contributed by atoms with Gasteiger partial charge in [-0.3, -0.25) is 4.57 Å². The van der Waals surface area contributed by atoms with Crippen molar-refractivity contribution in [2.75, 3.05) is 9.80 Å². The molecule has 4 nitrogen and oxygen atoms in total. The average molecular weight is 949 g/mol. The van der Waals surface area contributed by atoms with Crippen LogP contribution in [0.4, 0.5) is 34.1 Å². The number of fused-ring (bicyclic) bond motifs is 6. The largest absolute Gasteiger partial charge is 0.311 e. The Kier molecular flexibility index (Phi) is 11.4. The van der Waals surface area contributed by atoms with E-state index in [2.05, 4.69) is 279 Å². The lowest BCUT2D eigenvalue weighted by Crippen LogP contribution is -2.61. The number of hydrogen-bond donors (Lipinski definition) is 0. The summed E-state index contributed by atoms with van der Waals surface area (Å²) in [6, 6.07) is 54.0. The van der Waals surface area contributed by atoms with Crippen LogP contribution in [0.5, 0.6) is 0 Å². The minimum Gasteiger partial charge on any atom is -0.311 e. The van der Waals surface area contributed by atoms with Crippen LogP contribution in [0.3, 0.4) is 0 Å². The van der Waals surface area contributed by atoms with E-state index in [-0.39, 0.29) is 39.2 Å². The lowest BCUT2D eigenvalue weighted by molar-refractivity contribution is 0.568. The van der Waals surface area contributed by atoms with E-state index in [0.29, 0.717) is 0 Å². The Labute approximate surface area is 432 Å². The Hall–Kier alpha value is -6.33. The van der Waals surface area contributed by atoms with Crippen molar-refractivity contribution in [3.63, 3.8) is 0 Å². The van der Waals surface area contributed by atoms with Crippen LogP contribution >= 0.6 is 0 Å². The van der Waals surface area contributed by atoms with Gasteiger partial charge in [-0.05, 0) is 143 Å². The van der Waals surface area contributed by atoms with Crippen molar-refractivity contribution in [2.45, 2.75) is 157 Å². The van der Waals surface area contributed by atoms with E-state index in [1.54, 1.807) is 0 Å². The third-order valence-electron chi connectivity index (χ3n) is 15.5. The molecule has 0 aliphatic carbocycles. The highest BCUT2D eigenvalue weighted by atomic mass is 15.2. The molecule has 0 atom stereocenters. The van der Waals surface area contributed by atoms with Crippen molar-refractivity contribution >= 4 is 68.3 Å². The summed E-state index contributed by atoms with van der Waals surface area (Å²) < 4.78 is 2.40. The highest BCUT2D eigenvalue weighted by Gasteiger charge is 2.46. The van der Waals surface area contributed by atoms with Gasteiger partial charge in [0.2, 0.25) is 0 Å². The molecule has 0 bridgehead atoms. The van der Waals surface area contributed by atoms with Crippen LogP contribution in [0.15, 0.2) is 140 Å². The van der Waals surface area contributed by atoms with Gasteiger partial charge >= 0.3 is 0 Å². The minimum atomic E-state index is -0.164. The summed E-state index contributed by atoms with van der Waals surface area (Å²) in [6.45, 7) is 41.9. The molecule has 0 radical (unpaired) electrons. The predicted octanol–water partition coefficient (Wildman–Crippen LogP) is 16.6. The fourth-order valence-corrected chi connectivity index (χ4v) is 10.9. The quantitative estimate of drug-likeness (QED) is 0.164. The van der Waals surface area contributed by atoms with Crippen molar-refractivity contribution in [2.24, 2.45) is 0 Å². The van der Waals surface area contributed by atoms with Crippen LogP contribution in [-0.4, -0.2) is 16.3 Å². The van der Waals surface area contributed by atoms with Gasteiger partial charge in [0.15, 0.2) is 0 Å². The Morgan fingerprint density at radius 2 is 0.847 bits per heavy atom. The minimum absolute atomic E-state index is 0.0257. The lowest BCUT2D eigenvalue weighted by Gasteiger charge is -2.45. The molecule has 0 fully saturated rings. The average Bonchev–Trinajstić information content (AvgIpc) is 3.70. The predicted molar refractivity (Wildman–Crippen MR) is 313 cm³/mol. The highest BCUT2D eigenvalue weighted by Crippen LogP contribution is 2.50. The molecule has 0 unspecified atom stereocenters. The topological polar surface area (TPSA) is 24.3 Å². The Morgan fingerprint density at radius 1 is 0.361 bits per heavy atom. The van der Waals surface area contributed by atoms with Crippen LogP contribution in [0, 0.1) is 0 Å². The van der Waals surface area contributed by atoms with Gasteiger partial charge in [0.05, 0.1) is 11.2 Å². The van der Waals surface area contributed by atoms with E-state index < -0.39 is 0 Å². The molecule has 7 aromatic carbocycles. The van der Waals surface area contributed by atoms with E-state index >= 15 is 0 Å². The third kappa shape index (κ3) is 8.49. The molecular formula is C67H77BN4. The highest BCUT2D eigenvalue weighted by molar-refractivity contribution is 7.00. The van der Waals surface area contributed by atoms with Gasteiger partial charge in [-0.25, -0.2) is 4.98 Å². The van der Waals surface area contributed by atoms with Gasteiger partial charge in [0.1, 0.15) is 11.3 Å². The normalized spacial score (nSPS) is 14.2. The smallest absolute Gasteiger partial charge is 0.252 e. The number of para-hydroxylation sites is 1. The Balaban J connectivity index is 1.39. The second-order valence-corrected chi connectivity index (χ2v) is 27.2. The summed E-state index contributed by atoms with van der Waals surface area (Å²) in [5.41, 5.74) is 22.8. The second kappa shape index (κ2) is 16.6. The van der Waals surface area contributed by atoms with Crippen molar-refractivity contribution in [3.8, 4) is 17.1 Å². The number of anilines is 6. The molecule has 1 aromatic heterocycles. The standard InChI is InChI=1S/C67H77BN4/c1-62(2,3)43-26-24-42(25-27-43)61-69-59-55(72(61)49-22-20-19-21-23-49)35-33-52-60(59)71(51-37-46(65(10,11)12)36-47(38-51)66(13,14)15)57-41-48(67(16,17)18)40-56-58(57)68(52)53-39-45(64(7,8)9)30-34-54(53)70(56)50-31-28-44(29-32-50)63(4,5)6/h19-41H,1-18H3. The van der Waals surface area contributed by atoms with Gasteiger partial charge in [0.25, 0.3) is 6.71 Å². The van der Waals surface area contributed by atoms with Gasteiger partial charge in [-0.2, -0.15) is 0 Å². The SMILES string of the molecule is CC(C)(C)c1ccc(-c2nc3c4c(ccc3n2-c2ccccc2)B2c3cc(C(C)(C)C)ccc3N(c3ccc(C(C)(C)C)cc3)c3cc(C(C)(C)C)cc(c32)N4c2cc(C(C)(C)C)cc(C(C)(C)C)c2)cc1. The van der Waals surface area contributed by atoms with Crippen LogP contribution in [-0.2, 0) is 32.5 Å². The van der Waals surface area contributed by atoms with Crippen molar-refractivity contribution < 1.29 is 0 Å². The molecule has 0 amide bonds. The van der Waals surface area contributed by atoms with Crippen LogP contribution in [0.2, 0.25) is 0 Å². The second-order valence-electron chi connectivity index (χ2n) is 27.2. The first kappa shape index (κ1) is 49.3. The van der Waals surface area contributed by atoms with E-state index in [4.69, 9.17) is 4.98 Å². The third-order valence-corrected chi connectivity index (χ3v) is 15.5. The summed E-state index contributed by atoms with van der Waals surface area (Å²) in [4.78, 5) is 11.2. The summed E-state index contributed by atoms with van der Waals surface area (Å²) in [5.74, 6) is 0.933. The summed E-state index contributed by atoms with van der Waals surface area (Å²) in [7, 11) is 0. The fourth-order valence-electron chi connectivity index (χ4n) is 10.9. The summed E-state index contributed by atoms with van der Waals surface area (Å²) in [5, 5.41) is 0. The molecule has 72 heavy (non-hydrogen) atoms. The van der Waals surface area contributed by atoms with Crippen LogP contribution < -0.4 is 26.2 Å². The molecule has 2 aliphatic heterocycles. The zero-order valence-electron chi connectivity index (χ0n) is 46.6. The van der Waals surface area contributed by atoms with Gasteiger partial charge in [-0.15, -0.1) is 0 Å². The zero-order chi connectivity index (χ0) is 51.8. The number of benzene rings is 7. The van der Waals surface area contributed by atoms with Gasteiger partial charge in [0, 0.05) is 39.7 Å². The molecule has 0 N–H and O–H groups in total. The molecule has 3 heterocycles. The van der Waals surface area contributed by atoms with Crippen LogP contribution in [0.25, 0.3) is 28.1 Å². The molecule has 0 spiro atoms. The van der Waals surface area contributed by atoms with Gasteiger partial charge < -0.3 is 9.80 Å². The summed E-state index contributed by atoms with van der Waals surface area (Å²) in [6.07, 6.45) is 0. The number of aromatic nitrogens is 2. The zero-order valence-corrected chi connectivity index (χ0v) is 46.6. The monoisotopic (exact) mass is 949 g/mol. The Morgan fingerprint density at radius 3 is 1.38 bits per heavy atom. The number of imidazole rings is 1. The molecule has 0 saturated heterocycles. The molecular weight excluding hydrogens is 872 g/mol. The number of nitrogens with zero attached hydrogens (tertiary/aromatic N) is 4. The van der Waals surface area contributed by atoms with Crippen LogP contribution in [0.1, 0.15) is 158 Å². The Bertz CT molecular complexity index is 3350. The van der Waals surface area contributed by atoms with Gasteiger partial charge in [-0.1, -0.05) is 203 Å². The first-order valence-corrected chi connectivity index (χ1v) is 26.4. The molecule has 8 aromatic rings. The van der Waals surface area contributed by atoms with Crippen molar-refractivity contribution in [1.82, 2.24) is 9.55 Å². The maximum absolute atomic E-state index is 5.95. The maximum atomic E-state index is 5.95. The first-order chi connectivity index (χ1) is 33.5. The maximum Gasteiger partial charge on any atom is 0.252 e. The van der Waals surface area contributed by atoms with E-state index in [0.717, 1.165) is 39.5 Å². The molecule has 5 heteroatoms. The first-order valence-electron chi connectivity index (χ1n) is 26.4. The van der Waals surface area contributed by atoms with Crippen molar-refractivity contribution in [1.29, 1.82) is 0 Å². The van der Waals surface area contributed by atoms with E-state index in [1.807, 2.05) is 0 Å². The fraction of sp³-hybridized carbons (Fsp3) is 0.358. The van der Waals surface area contributed by atoms with E-state index in [1.165, 1.54) is 72.5 Å². The summed E-state index contributed by atoms with van der Waals surface area (Å²) >= 11 is 0. The number of rotatable bonds is 4. The lowest BCUT2D eigenvalue weighted by atomic mass is 9.33. The molecule has 10 rings (SSSR count). The van der Waals surface area contributed by atoms with E-state index in [9.17, 15) is 0 Å². The molecule has 0 saturated carbocycles. The number of hydrogen-bond acceptors (Lipinski definition) is 3. The molecule has 2 aliphatic rings. The molecule has 368 valence electrons.